The van der Waals surface area contributed by atoms with E-state index in [2.05, 4.69) is 54.3 Å². The van der Waals surface area contributed by atoms with Crippen molar-refractivity contribution in [2.24, 2.45) is 0 Å². The van der Waals surface area contributed by atoms with Crippen molar-refractivity contribution in [1.82, 2.24) is 9.88 Å². The molecule has 6 heteroatoms. The van der Waals surface area contributed by atoms with Crippen LogP contribution >= 0.6 is 0 Å². The molecule has 4 aromatic rings. The molecule has 0 amide bonds. The molecule has 0 radical (unpaired) electrons. The third-order valence-corrected chi connectivity index (χ3v) is 8.96. The van der Waals surface area contributed by atoms with Crippen LogP contribution in [-0.2, 0) is 37.1 Å². The third kappa shape index (κ3) is 5.20. The molecular formula is C36H37FN2O3. The molecule has 5 nitrogen and oxygen atoms in total. The first kappa shape index (κ1) is 28.1. The van der Waals surface area contributed by atoms with Gasteiger partial charge in [-0.25, -0.2) is 4.39 Å². The smallest absolute Gasteiger partial charge is 0.307 e. The molecule has 6 rings (SSSR count). The highest BCUT2D eigenvalue weighted by Crippen LogP contribution is 2.44. The molecule has 216 valence electrons. The van der Waals surface area contributed by atoms with Gasteiger partial charge in [0.2, 0.25) is 0 Å². The van der Waals surface area contributed by atoms with Crippen LogP contribution in [0.25, 0.3) is 22.3 Å². The third-order valence-electron chi connectivity index (χ3n) is 8.96. The molecule has 3 aromatic carbocycles. The van der Waals surface area contributed by atoms with Crippen LogP contribution in [0.4, 0.5) is 4.39 Å². The highest BCUT2D eigenvalue weighted by Gasteiger charge is 2.27. The highest BCUT2D eigenvalue weighted by atomic mass is 19.1. The van der Waals surface area contributed by atoms with E-state index in [-0.39, 0.29) is 6.42 Å². The summed E-state index contributed by atoms with van der Waals surface area (Å²) in [5, 5.41) is 9.89. The number of halogens is 1. The Morgan fingerprint density at radius 2 is 1.81 bits per heavy atom. The van der Waals surface area contributed by atoms with Gasteiger partial charge in [-0.15, -0.1) is 0 Å². The van der Waals surface area contributed by atoms with Gasteiger partial charge in [-0.2, -0.15) is 0 Å². The van der Waals surface area contributed by atoms with Crippen molar-refractivity contribution in [3.05, 3.63) is 105 Å². The fourth-order valence-electron chi connectivity index (χ4n) is 6.75. The van der Waals surface area contributed by atoms with Crippen LogP contribution in [0, 0.1) is 33.5 Å². The normalized spacial score (nSPS) is 14.7. The summed E-state index contributed by atoms with van der Waals surface area (Å²) in [4.78, 5) is 19.4. The first-order valence-corrected chi connectivity index (χ1v) is 14.8. The van der Waals surface area contributed by atoms with E-state index in [0.29, 0.717) is 23.6 Å². The molecule has 2 aliphatic heterocycles. The van der Waals surface area contributed by atoms with E-state index in [1.165, 1.54) is 28.3 Å². The zero-order valence-electron chi connectivity index (χ0n) is 24.8. The maximum absolute atomic E-state index is 15.5. The molecule has 1 N–H and O–H groups in total. The van der Waals surface area contributed by atoms with Crippen molar-refractivity contribution in [3.8, 4) is 28.0 Å². The van der Waals surface area contributed by atoms with Crippen LogP contribution in [0.5, 0.6) is 5.75 Å². The predicted octanol–water partition coefficient (Wildman–Crippen LogP) is 7.30. The minimum Gasteiger partial charge on any atom is -0.490 e. The van der Waals surface area contributed by atoms with Gasteiger partial charge in [0.25, 0.3) is 0 Å². The van der Waals surface area contributed by atoms with E-state index >= 15 is 4.39 Å². The molecular weight excluding hydrogens is 527 g/mol. The maximum atomic E-state index is 15.5. The Hall–Kier alpha value is -4.03. The minimum absolute atomic E-state index is 0.186. The summed E-state index contributed by atoms with van der Waals surface area (Å²) in [6, 6.07) is 16.6. The fourth-order valence-corrected chi connectivity index (χ4v) is 6.75. The highest BCUT2D eigenvalue weighted by molar-refractivity contribution is 5.91. The van der Waals surface area contributed by atoms with Crippen LogP contribution in [0.15, 0.2) is 48.5 Å². The van der Waals surface area contributed by atoms with Crippen LogP contribution in [0.1, 0.15) is 56.8 Å². The van der Waals surface area contributed by atoms with E-state index in [1.54, 1.807) is 0 Å². The van der Waals surface area contributed by atoms with Gasteiger partial charge in [0.05, 0.1) is 13.0 Å². The summed E-state index contributed by atoms with van der Waals surface area (Å²) in [6.07, 6.45) is 2.30. The lowest BCUT2D eigenvalue weighted by atomic mass is 9.83. The van der Waals surface area contributed by atoms with Crippen LogP contribution < -0.4 is 4.74 Å². The van der Waals surface area contributed by atoms with Gasteiger partial charge < -0.3 is 9.84 Å². The Labute approximate surface area is 247 Å². The second kappa shape index (κ2) is 11.3. The number of carboxylic acids is 1. The van der Waals surface area contributed by atoms with Crippen molar-refractivity contribution >= 4 is 5.97 Å². The Morgan fingerprint density at radius 3 is 2.60 bits per heavy atom. The largest absolute Gasteiger partial charge is 0.490 e. The second-order valence-corrected chi connectivity index (χ2v) is 11.7. The summed E-state index contributed by atoms with van der Waals surface area (Å²) in [6.45, 7) is 11.2. The summed E-state index contributed by atoms with van der Waals surface area (Å²) in [5.74, 6) is -1.01. The SMILES string of the molecule is Cc1ccccc1CN1CCc2cc(-c3c(C)nc(C)c(CC(=O)O)c3-c3cc(F)c4c(c3C)CCCO4)ccc2C1. The van der Waals surface area contributed by atoms with Gasteiger partial charge in [0.15, 0.2) is 11.6 Å². The summed E-state index contributed by atoms with van der Waals surface area (Å²) < 4.78 is 21.2. The molecule has 0 aliphatic carbocycles. The zero-order chi connectivity index (χ0) is 29.5. The average Bonchev–Trinajstić information content (AvgIpc) is 2.97. The van der Waals surface area contributed by atoms with Crippen molar-refractivity contribution in [1.29, 1.82) is 0 Å². The van der Waals surface area contributed by atoms with E-state index < -0.39 is 11.8 Å². The lowest BCUT2D eigenvalue weighted by molar-refractivity contribution is -0.136. The molecule has 42 heavy (non-hydrogen) atoms. The number of aromatic nitrogens is 1. The van der Waals surface area contributed by atoms with Crippen LogP contribution in [0.3, 0.4) is 0 Å². The van der Waals surface area contributed by atoms with E-state index in [1.807, 2.05) is 20.8 Å². The average molecular weight is 565 g/mol. The van der Waals surface area contributed by atoms with E-state index in [0.717, 1.165) is 78.0 Å². The first-order valence-electron chi connectivity index (χ1n) is 14.8. The summed E-state index contributed by atoms with van der Waals surface area (Å²) in [5.41, 5.74) is 12.5. The number of hydrogen-bond donors (Lipinski definition) is 1. The molecule has 0 atom stereocenters. The number of aryl methyl sites for hydroxylation is 3. The van der Waals surface area contributed by atoms with Gasteiger partial charge in [-0.1, -0.05) is 42.5 Å². The topological polar surface area (TPSA) is 62.7 Å². The molecule has 2 aliphatic rings. The van der Waals surface area contributed by atoms with Gasteiger partial charge in [0, 0.05) is 42.1 Å². The Balaban J connectivity index is 1.46. The Bertz CT molecular complexity index is 1710. The van der Waals surface area contributed by atoms with Gasteiger partial charge >= 0.3 is 5.97 Å². The van der Waals surface area contributed by atoms with E-state index in [4.69, 9.17) is 9.72 Å². The van der Waals surface area contributed by atoms with Gasteiger partial charge in [-0.3, -0.25) is 14.7 Å². The predicted molar refractivity (Wildman–Crippen MR) is 163 cm³/mol. The summed E-state index contributed by atoms with van der Waals surface area (Å²) in [7, 11) is 0. The van der Waals surface area contributed by atoms with Crippen molar-refractivity contribution in [2.45, 2.75) is 66.5 Å². The first-order chi connectivity index (χ1) is 20.2. The monoisotopic (exact) mass is 564 g/mol. The molecule has 0 spiro atoms. The number of fused-ring (bicyclic) bond motifs is 2. The molecule has 0 bridgehead atoms. The van der Waals surface area contributed by atoms with Gasteiger partial charge in [0.1, 0.15) is 0 Å². The van der Waals surface area contributed by atoms with E-state index in [9.17, 15) is 9.90 Å². The Morgan fingerprint density at radius 1 is 1.00 bits per heavy atom. The molecule has 3 heterocycles. The number of aliphatic carboxylic acids is 1. The number of nitrogens with zero attached hydrogens (tertiary/aromatic N) is 2. The molecule has 1 aromatic heterocycles. The van der Waals surface area contributed by atoms with Crippen molar-refractivity contribution in [2.75, 3.05) is 13.2 Å². The van der Waals surface area contributed by atoms with Crippen molar-refractivity contribution in [3.63, 3.8) is 0 Å². The molecule has 0 unspecified atom stereocenters. The van der Waals surface area contributed by atoms with Crippen molar-refractivity contribution < 1.29 is 19.0 Å². The standard InChI is InChI=1S/C36H37FN2O3/c1-21-8-5-6-9-27(21)19-39-14-13-25-16-26(11-12-28(25)20-39)34-24(4)38-23(3)31(18-33(40)41)35(34)30-17-32(37)36-29(22(30)2)10-7-15-42-36/h5-6,8-9,11-12,16-17H,7,10,13-15,18-20H2,1-4H3,(H,40,41). The number of carboxylic acid groups (broad SMARTS) is 1. The zero-order valence-corrected chi connectivity index (χ0v) is 24.8. The number of rotatable bonds is 6. The maximum Gasteiger partial charge on any atom is 0.307 e. The molecule has 0 saturated carbocycles. The Kier molecular flexibility index (Phi) is 7.58. The van der Waals surface area contributed by atoms with Crippen LogP contribution in [-0.4, -0.2) is 34.1 Å². The van der Waals surface area contributed by atoms with Crippen LogP contribution in [0.2, 0.25) is 0 Å². The lowest BCUT2D eigenvalue weighted by Crippen LogP contribution is -2.30. The second-order valence-electron chi connectivity index (χ2n) is 11.7. The minimum atomic E-state index is -0.936. The number of ether oxygens (including phenoxy) is 1. The number of hydrogen-bond acceptors (Lipinski definition) is 4. The quantitative estimate of drug-likeness (QED) is 0.266. The fraction of sp³-hybridized carbons (Fsp3) is 0.333. The molecule has 0 saturated heterocycles. The number of benzene rings is 3. The summed E-state index contributed by atoms with van der Waals surface area (Å²) >= 11 is 0. The number of carbonyl (C=O) groups is 1. The molecule has 0 fully saturated rings. The number of pyridine rings is 1. The van der Waals surface area contributed by atoms with Gasteiger partial charge in [-0.05, 0) is 103 Å². The lowest BCUT2D eigenvalue weighted by Gasteiger charge is -2.30.